The Balaban J connectivity index is 1.99. The number of hydrogen-bond donors (Lipinski definition) is 2. The fraction of sp³-hybridized carbons (Fsp3) is 0.385. The molecule has 5 nitrogen and oxygen atoms in total. The zero-order valence-corrected chi connectivity index (χ0v) is 10.6. The molecule has 0 aliphatic heterocycles. The Morgan fingerprint density at radius 1 is 1.56 bits per heavy atom. The third-order valence-electron chi connectivity index (χ3n) is 2.77. The van der Waals surface area contributed by atoms with Gasteiger partial charge in [0.2, 0.25) is 0 Å². The average Bonchev–Trinajstić information content (AvgIpc) is 2.83. The molecule has 0 saturated carbocycles. The summed E-state index contributed by atoms with van der Waals surface area (Å²) in [5.41, 5.74) is 1.50. The van der Waals surface area contributed by atoms with Gasteiger partial charge in [-0.1, -0.05) is 13.0 Å². The molecule has 2 aromatic rings. The van der Waals surface area contributed by atoms with E-state index in [1.165, 1.54) is 0 Å². The van der Waals surface area contributed by atoms with Crippen molar-refractivity contribution < 1.29 is 9.53 Å². The van der Waals surface area contributed by atoms with Gasteiger partial charge in [0.25, 0.3) is 5.91 Å². The first-order valence-corrected chi connectivity index (χ1v) is 5.91. The standard InChI is InChI=1S/C13H17N3O2/c1-9(8-18-2)6-14-13(17)10-3-4-11-7-15-16-12(11)5-10/h3-5,7,9H,6,8H2,1-2H3,(H,14,17)(H,15,16). The van der Waals surface area contributed by atoms with E-state index in [-0.39, 0.29) is 5.91 Å². The summed E-state index contributed by atoms with van der Waals surface area (Å²) in [6.07, 6.45) is 1.73. The van der Waals surface area contributed by atoms with Gasteiger partial charge in [0.15, 0.2) is 0 Å². The molecule has 0 spiro atoms. The fourth-order valence-corrected chi connectivity index (χ4v) is 1.79. The highest BCUT2D eigenvalue weighted by atomic mass is 16.5. The van der Waals surface area contributed by atoms with Crippen LogP contribution in [0.25, 0.3) is 10.9 Å². The molecular formula is C13H17N3O2. The van der Waals surface area contributed by atoms with Crippen molar-refractivity contribution in [1.29, 1.82) is 0 Å². The van der Waals surface area contributed by atoms with Crippen molar-refractivity contribution in [2.75, 3.05) is 20.3 Å². The predicted molar refractivity (Wildman–Crippen MR) is 69.5 cm³/mol. The van der Waals surface area contributed by atoms with E-state index in [1.807, 2.05) is 13.0 Å². The molecule has 1 atom stereocenters. The maximum atomic E-state index is 11.9. The van der Waals surface area contributed by atoms with Gasteiger partial charge in [-0.15, -0.1) is 0 Å². The molecule has 0 saturated heterocycles. The van der Waals surface area contributed by atoms with Crippen molar-refractivity contribution in [2.24, 2.45) is 5.92 Å². The predicted octanol–water partition coefficient (Wildman–Crippen LogP) is 1.58. The summed E-state index contributed by atoms with van der Waals surface area (Å²) in [4.78, 5) is 11.9. The van der Waals surface area contributed by atoms with Crippen LogP contribution in [0.4, 0.5) is 0 Å². The Morgan fingerprint density at radius 3 is 3.17 bits per heavy atom. The lowest BCUT2D eigenvalue weighted by molar-refractivity contribution is 0.0934. The fourth-order valence-electron chi connectivity index (χ4n) is 1.79. The molecule has 1 aromatic heterocycles. The number of H-pyrrole nitrogens is 1. The van der Waals surface area contributed by atoms with Gasteiger partial charge in [-0.3, -0.25) is 9.89 Å². The van der Waals surface area contributed by atoms with Gasteiger partial charge in [-0.05, 0) is 18.1 Å². The van der Waals surface area contributed by atoms with Crippen molar-refractivity contribution >= 4 is 16.8 Å². The number of aromatic nitrogens is 2. The molecule has 2 N–H and O–H groups in total. The van der Waals surface area contributed by atoms with Crippen LogP contribution in [0.2, 0.25) is 0 Å². The van der Waals surface area contributed by atoms with E-state index in [0.29, 0.717) is 24.6 Å². The molecule has 0 radical (unpaired) electrons. The van der Waals surface area contributed by atoms with E-state index in [9.17, 15) is 4.79 Å². The van der Waals surface area contributed by atoms with Crippen LogP contribution >= 0.6 is 0 Å². The topological polar surface area (TPSA) is 67.0 Å². The number of amides is 1. The van der Waals surface area contributed by atoms with Crippen LogP contribution < -0.4 is 5.32 Å². The minimum atomic E-state index is -0.0746. The van der Waals surface area contributed by atoms with Gasteiger partial charge < -0.3 is 10.1 Å². The highest BCUT2D eigenvalue weighted by molar-refractivity contribution is 5.97. The Bertz CT molecular complexity index is 536. The molecule has 1 heterocycles. The summed E-state index contributed by atoms with van der Waals surface area (Å²) in [6.45, 7) is 3.27. The second kappa shape index (κ2) is 5.64. The van der Waals surface area contributed by atoms with Gasteiger partial charge in [-0.2, -0.15) is 5.10 Å². The highest BCUT2D eigenvalue weighted by Crippen LogP contribution is 2.12. The number of fused-ring (bicyclic) bond motifs is 1. The van der Waals surface area contributed by atoms with E-state index in [1.54, 1.807) is 25.4 Å². The number of nitrogens with one attached hydrogen (secondary N) is 2. The number of methoxy groups -OCH3 is 1. The Kier molecular flexibility index (Phi) is 3.94. The number of benzene rings is 1. The molecule has 1 aromatic carbocycles. The molecule has 96 valence electrons. The van der Waals surface area contributed by atoms with Crippen molar-refractivity contribution in [1.82, 2.24) is 15.5 Å². The first kappa shape index (κ1) is 12.6. The molecule has 5 heteroatoms. The van der Waals surface area contributed by atoms with Crippen LogP contribution in [0.5, 0.6) is 0 Å². The van der Waals surface area contributed by atoms with E-state index in [0.717, 1.165) is 10.9 Å². The van der Waals surface area contributed by atoms with Crippen LogP contribution in [0.1, 0.15) is 17.3 Å². The third-order valence-corrected chi connectivity index (χ3v) is 2.77. The van der Waals surface area contributed by atoms with E-state index in [2.05, 4.69) is 15.5 Å². The monoisotopic (exact) mass is 247 g/mol. The molecule has 18 heavy (non-hydrogen) atoms. The largest absolute Gasteiger partial charge is 0.384 e. The smallest absolute Gasteiger partial charge is 0.251 e. The van der Waals surface area contributed by atoms with E-state index >= 15 is 0 Å². The summed E-state index contributed by atoms with van der Waals surface area (Å²) in [7, 11) is 1.66. The minimum absolute atomic E-state index is 0.0746. The molecule has 2 rings (SSSR count). The summed E-state index contributed by atoms with van der Waals surface area (Å²) >= 11 is 0. The van der Waals surface area contributed by atoms with Crippen LogP contribution in [0, 0.1) is 5.92 Å². The Labute approximate surface area is 106 Å². The number of carbonyl (C=O) groups excluding carboxylic acids is 1. The van der Waals surface area contributed by atoms with Crippen LogP contribution in [-0.4, -0.2) is 36.4 Å². The van der Waals surface area contributed by atoms with E-state index in [4.69, 9.17) is 4.74 Å². The second-order valence-corrected chi connectivity index (χ2v) is 4.44. The zero-order valence-electron chi connectivity index (χ0n) is 10.6. The molecule has 0 fully saturated rings. The van der Waals surface area contributed by atoms with Crippen LogP contribution in [-0.2, 0) is 4.74 Å². The van der Waals surface area contributed by atoms with Gasteiger partial charge in [0.05, 0.1) is 18.3 Å². The van der Waals surface area contributed by atoms with E-state index < -0.39 is 0 Å². The van der Waals surface area contributed by atoms with Gasteiger partial charge in [0.1, 0.15) is 0 Å². The normalized spacial score (nSPS) is 12.6. The van der Waals surface area contributed by atoms with Gasteiger partial charge in [0, 0.05) is 24.6 Å². The number of hydrogen-bond acceptors (Lipinski definition) is 3. The van der Waals surface area contributed by atoms with Gasteiger partial charge >= 0.3 is 0 Å². The van der Waals surface area contributed by atoms with Gasteiger partial charge in [-0.25, -0.2) is 0 Å². The summed E-state index contributed by atoms with van der Waals surface area (Å²) < 4.78 is 5.02. The number of rotatable bonds is 5. The van der Waals surface area contributed by atoms with Crippen LogP contribution in [0.15, 0.2) is 24.4 Å². The molecule has 0 aliphatic rings. The number of aromatic amines is 1. The maximum absolute atomic E-state index is 11.9. The van der Waals surface area contributed by atoms with Crippen molar-refractivity contribution in [3.05, 3.63) is 30.0 Å². The first-order chi connectivity index (χ1) is 8.70. The highest BCUT2D eigenvalue weighted by Gasteiger charge is 2.08. The molecule has 1 unspecified atom stereocenters. The lowest BCUT2D eigenvalue weighted by Gasteiger charge is -2.11. The third kappa shape index (κ3) is 2.87. The summed E-state index contributed by atoms with van der Waals surface area (Å²) in [5.74, 6) is 0.226. The number of carbonyl (C=O) groups is 1. The SMILES string of the molecule is COCC(C)CNC(=O)c1ccc2cn[nH]c2c1. The first-order valence-electron chi connectivity index (χ1n) is 5.91. The quantitative estimate of drug-likeness (QED) is 0.842. The average molecular weight is 247 g/mol. The van der Waals surface area contributed by atoms with Crippen LogP contribution in [0.3, 0.4) is 0 Å². The van der Waals surface area contributed by atoms with Crippen molar-refractivity contribution in [2.45, 2.75) is 6.92 Å². The lowest BCUT2D eigenvalue weighted by atomic mass is 10.1. The minimum Gasteiger partial charge on any atom is -0.384 e. The van der Waals surface area contributed by atoms with Crippen molar-refractivity contribution in [3.8, 4) is 0 Å². The second-order valence-electron chi connectivity index (χ2n) is 4.44. The zero-order chi connectivity index (χ0) is 13.0. The molecule has 0 aliphatic carbocycles. The Morgan fingerprint density at radius 2 is 2.39 bits per heavy atom. The maximum Gasteiger partial charge on any atom is 0.251 e. The molecule has 1 amide bonds. The molecule has 0 bridgehead atoms. The lowest BCUT2D eigenvalue weighted by Crippen LogP contribution is -2.29. The Hall–Kier alpha value is -1.88. The summed E-state index contributed by atoms with van der Waals surface area (Å²) in [6, 6.07) is 5.49. The molecular weight excluding hydrogens is 230 g/mol. The summed E-state index contributed by atoms with van der Waals surface area (Å²) in [5, 5.41) is 10.7. The van der Waals surface area contributed by atoms with Crippen molar-refractivity contribution in [3.63, 3.8) is 0 Å². The number of nitrogens with zero attached hydrogens (tertiary/aromatic N) is 1. The number of ether oxygens (including phenoxy) is 1.